The second-order valence-electron chi connectivity index (χ2n) is 6.03. The smallest absolute Gasteiger partial charge is 0.200 e. The normalized spacial score (nSPS) is 12.7. The molecule has 0 radical (unpaired) electrons. The van der Waals surface area contributed by atoms with Crippen LogP contribution in [0.4, 0.5) is 0 Å². The van der Waals surface area contributed by atoms with Gasteiger partial charge >= 0.3 is 0 Å². The molecule has 0 unspecified atom stereocenters. The second-order valence-corrected chi connectivity index (χ2v) is 7.01. The van der Waals surface area contributed by atoms with Crippen LogP contribution in [0.1, 0.15) is 25.5 Å². The molecule has 0 spiro atoms. The minimum Gasteiger partial charge on any atom is -0.461 e. The van der Waals surface area contributed by atoms with Gasteiger partial charge in [-0.1, -0.05) is 55.9 Å². The lowest BCUT2D eigenvalue weighted by Crippen LogP contribution is -2.08. The van der Waals surface area contributed by atoms with E-state index in [2.05, 4.69) is 28.6 Å². The lowest BCUT2D eigenvalue weighted by molar-refractivity contribution is 0.204. The third-order valence-corrected chi connectivity index (χ3v) is 4.60. The van der Waals surface area contributed by atoms with Crippen molar-refractivity contribution in [1.29, 1.82) is 0 Å². The van der Waals surface area contributed by atoms with Crippen molar-refractivity contribution in [3.05, 3.63) is 54.3 Å². The third kappa shape index (κ3) is 3.88. The Morgan fingerprint density at radius 3 is 2.58 bits per heavy atom. The van der Waals surface area contributed by atoms with E-state index in [1.54, 1.807) is 6.26 Å². The van der Waals surface area contributed by atoms with Gasteiger partial charge in [0.2, 0.25) is 0 Å². The zero-order valence-corrected chi connectivity index (χ0v) is 14.6. The van der Waals surface area contributed by atoms with E-state index < -0.39 is 6.10 Å². The van der Waals surface area contributed by atoms with Gasteiger partial charge in [0, 0.05) is 12.3 Å². The first kappa shape index (κ1) is 16.8. The quantitative estimate of drug-likeness (QED) is 0.656. The minimum atomic E-state index is -0.535. The van der Waals surface area contributed by atoms with Gasteiger partial charge in [0.05, 0.1) is 12.4 Å². The molecule has 0 saturated carbocycles. The van der Waals surface area contributed by atoms with Gasteiger partial charge in [-0.3, -0.25) is 4.57 Å². The van der Waals surface area contributed by atoms with E-state index in [4.69, 9.17) is 4.42 Å². The number of furan rings is 1. The summed E-state index contributed by atoms with van der Waals surface area (Å²) in [5, 5.41) is 19.7. The van der Waals surface area contributed by atoms with Gasteiger partial charge in [-0.2, -0.15) is 0 Å². The first-order chi connectivity index (χ1) is 11.6. The van der Waals surface area contributed by atoms with E-state index in [1.807, 2.05) is 42.5 Å². The van der Waals surface area contributed by atoms with Crippen molar-refractivity contribution in [1.82, 2.24) is 14.8 Å². The highest BCUT2D eigenvalue weighted by Gasteiger charge is 2.18. The van der Waals surface area contributed by atoms with Crippen molar-refractivity contribution in [3.8, 4) is 11.6 Å². The predicted molar refractivity (Wildman–Crippen MR) is 94.7 cm³/mol. The second kappa shape index (κ2) is 7.68. The number of hydrogen-bond acceptors (Lipinski definition) is 5. The van der Waals surface area contributed by atoms with Crippen LogP contribution in [0.25, 0.3) is 11.6 Å². The summed E-state index contributed by atoms with van der Waals surface area (Å²) in [4.78, 5) is 0. The standard InChI is InChI=1S/C18H21N3O2S/c1-13(2)11-21-17(16-9-6-10-23-16)19-20-18(21)24-12-15(22)14-7-4-3-5-8-14/h3-10,13,15,22H,11-12H2,1-2H3/t15-/m0/s1. The third-order valence-electron chi connectivity index (χ3n) is 3.56. The lowest BCUT2D eigenvalue weighted by atomic mass is 10.1. The molecule has 0 saturated heterocycles. The molecule has 0 aliphatic heterocycles. The number of nitrogens with zero attached hydrogens (tertiary/aromatic N) is 3. The molecule has 3 rings (SSSR count). The van der Waals surface area contributed by atoms with Crippen molar-refractivity contribution in [3.63, 3.8) is 0 Å². The summed E-state index contributed by atoms with van der Waals surface area (Å²) in [6.07, 6.45) is 1.10. The van der Waals surface area contributed by atoms with Gasteiger partial charge in [0.25, 0.3) is 0 Å². The number of aromatic nitrogens is 3. The van der Waals surface area contributed by atoms with Crippen molar-refractivity contribution < 1.29 is 9.52 Å². The maximum absolute atomic E-state index is 10.3. The van der Waals surface area contributed by atoms with Gasteiger partial charge in [-0.25, -0.2) is 0 Å². The Morgan fingerprint density at radius 2 is 1.92 bits per heavy atom. The molecule has 5 nitrogen and oxygen atoms in total. The topological polar surface area (TPSA) is 64.1 Å². The average molecular weight is 343 g/mol. The molecule has 2 aromatic heterocycles. The van der Waals surface area contributed by atoms with Gasteiger partial charge < -0.3 is 9.52 Å². The largest absolute Gasteiger partial charge is 0.461 e. The average Bonchev–Trinajstić information content (AvgIpc) is 3.23. The van der Waals surface area contributed by atoms with Crippen LogP contribution in [0.3, 0.4) is 0 Å². The van der Waals surface area contributed by atoms with Gasteiger partial charge in [0.1, 0.15) is 0 Å². The molecule has 1 N–H and O–H groups in total. The van der Waals surface area contributed by atoms with E-state index in [0.29, 0.717) is 17.4 Å². The molecular weight excluding hydrogens is 322 g/mol. The Bertz CT molecular complexity index is 754. The van der Waals surface area contributed by atoms with Crippen molar-refractivity contribution in [2.45, 2.75) is 31.7 Å². The number of hydrogen-bond donors (Lipinski definition) is 1. The lowest BCUT2D eigenvalue weighted by Gasteiger charge is -2.13. The summed E-state index contributed by atoms with van der Waals surface area (Å²) in [5.41, 5.74) is 0.909. The summed E-state index contributed by atoms with van der Waals surface area (Å²) < 4.78 is 7.53. The van der Waals surface area contributed by atoms with E-state index in [1.165, 1.54) is 11.8 Å². The molecule has 0 aliphatic carbocycles. The Kier molecular flexibility index (Phi) is 5.37. The fourth-order valence-corrected chi connectivity index (χ4v) is 3.35. The van der Waals surface area contributed by atoms with Crippen LogP contribution in [-0.2, 0) is 6.54 Å². The van der Waals surface area contributed by atoms with Crippen LogP contribution < -0.4 is 0 Å². The zero-order valence-electron chi connectivity index (χ0n) is 13.8. The Balaban J connectivity index is 1.78. The maximum atomic E-state index is 10.3. The monoisotopic (exact) mass is 343 g/mol. The van der Waals surface area contributed by atoms with Crippen LogP contribution in [0.15, 0.2) is 58.3 Å². The minimum absolute atomic E-state index is 0.452. The summed E-state index contributed by atoms with van der Waals surface area (Å²) in [7, 11) is 0. The molecule has 0 fully saturated rings. The highest BCUT2D eigenvalue weighted by atomic mass is 32.2. The van der Waals surface area contributed by atoms with Crippen molar-refractivity contribution in [2.24, 2.45) is 5.92 Å². The molecule has 1 aromatic carbocycles. The fraction of sp³-hybridized carbons (Fsp3) is 0.333. The van der Waals surface area contributed by atoms with Gasteiger partial charge in [0.15, 0.2) is 16.7 Å². The molecule has 1 atom stereocenters. The van der Waals surface area contributed by atoms with Crippen LogP contribution in [-0.4, -0.2) is 25.6 Å². The van der Waals surface area contributed by atoms with Crippen molar-refractivity contribution >= 4 is 11.8 Å². The summed E-state index contributed by atoms with van der Waals surface area (Å²) in [6, 6.07) is 13.4. The number of thioether (sulfide) groups is 1. The maximum Gasteiger partial charge on any atom is 0.200 e. The molecule has 6 heteroatoms. The molecule has 126 valence electrons. The zero-order chi connectivity index (χ0) is 16.9. The highest BCUT2D eigenvalue weighted by molar-refractivity contribution is 7.99. The predicted octanol–water partition coefficient (Wildman–Crippen LogP) is 4.02. The van der Waals surface area contributed by atoms with Crippen LogP contribution >= 0.6 is 11.8 Å². The summed E-state index contributed by atoms with van der Waals surface area (Å²) >= 11 is 1.51. The summed E-state index contributed by atoms with van der Waals surface area (Å²) in [6.45, 7) is 5.10. The van der Waals surface area contributed by atoms with Crippen LogP contribution in [0.2, 0.25) is 0 Å². The first-order valence-corrected chi connectivity index (χ1v) is 8.96. The molecule has 0 bridgehead atoms. The molecule has 3 aromatic rings. The number of rotatable bonds is 7. The van der Waals surface area contributed by atoms with Crippen LogP contribution in [0.5, 0.6) is 0 Å². The SMILES string of the molecule is CC(C)Cn1c(SC[C@H](O)c2ccccc2)nnc1-c1ccco1. The van der Waals surface area contributed by atoms with Gasteiger partial charge in [-0.15, -0.1) is 10.2 Å². The molecule has 2 heterocycles. The molecular formula is C18H21N3O2S. The van der Waals surface area contributed by atoms with E-state index in [-0.39, 0.29) is 0 Å². The Morgan fingerprint density at radius 1 is 1.12 bits per heavy atom. The number of aliphatic hydroxyl groups is 1. The number of aliphatic hydroxyl groups excluding tert-OH is 1. The number of benzene rings is 1. The summed E-state index contributed by atoms with van der Waals surface area (Å²) in [5.74, 6) is 2.41. The highest BCUT2D eigenvalue weighted by Crippen LogP contribution is 2.28. The molecule has 0 amide bonds. The Hall–Kier alpha value is -2.05. The van der Waals surface area contributed by atoms with Crippen LogP contribution in [0, 0.1) is 5.92 Å². The van der Waals surface area contributed by atoms with E-state index >= 15 is 0 Å². The first-order valence-electron chi connectivity index (χ1n) is 7.98. The van der Waals surface area contributed by atoms with E-state index in [0.717, 1.165) is 23.1 Å². The fourth-order valence-electron chi connectivity index (χ4n) is 2.44. The van der Waals surface area contributed by atoms with E-state index in [9.17, 15) is 5.11 Å². The molecule has 24 heavy (non-hydrogen) atoms. The van der Waals surface area contributed by atoms with Crippen molar-refractivity contribution in [2.75, 3.05) is 5.75 Å². The Labute approximate surface area is 145 Å². The molecule has 0 aliphatic rings. The van der Waals surface area contributed by atoms with Gasteiger partial charge in [-0.05, 0) is 23.6 Å².